The minimum Gasteiger partial charge on any atom is -0.398 e. The van der Waals surface area contributed by atoms with Crippen LogP contribution in [0.15, 0.2) is 22.0 Å². The highest BCUT2D eigenvalue weighted by Gasteiger charge is 2.08. The zero-order valence-corrected chi connectivity index (χ0v) is 9.84. The van der Waals surface area contributed by atoms with Gasteiger partial charge >= 0.3 is 0 Å². The van der Waals surface area contributed by atoms with Gasteiger partial charge < -0.3 is 5.73 Å². The number of thiophene rings is 1. The smallest absolute Gasteiger partial charge is 0.0499 e. The lowest BCUT2D eigenvalue weighted by atomic mass is 10.1. The van der Waals surface area contributed by atoms with Gasteiger partial charge in [-0.25, -0.2) is 0 Å². The third-order valence-corrected chi connectivity index (χ3v) is 3.90. The summed E-state index contributed by atoms with van der Waals surface area (Å²) in [4.78, 5) is 0. The second-order valence-corrected chi connectivity index (χ2v) is 4.76. The summed E-state index contributed by atoms with van der Waals surface area (Å²) in [6.07, 6.45) is 0. The standard InChI is InChI=1S/C9H7BrClNS/c10-7-3-8(12)5-1-2-13-9(5)6(7)4-11/h1-3H,4,12H2. The van der Waals surface area contributed by atoms with Gasteiger partial charge in [0.1, 0.15) is 0 Å². The Hall–Kier alpha value is -0.250. The molecule has 0 amide bonds. The lowest BCUT2D eigenvalue weighted by molar-refractivity contribution is 1.43. The van der Waals surface area contributed by atoms with E-state index in [1.165, 1.54) is 4.70 Å². The van der Waals surface area contributed by atoms with Crippen LogP contribution in [-0.2, 0) is 5.88 Å². The summed E-state index contributed by atoms with van der Waals surface area (Å²) in [5, 5.41) is 3.13. The molecule has 1 aromatic carbocycles. The van der Waals surface area contributed by atoms with Gasteiger partial charge in [0.2, 0.25) is 0 Å². The van der Waals surface area contributed by atoms with Crippen LogP contribution < -0.4 is 5.73 Å². The van der Waals surface area contributed by atoms with E-state index in [1.54, 1.807) is 11.3 Å². The van der Waals surface area contributed by atoms with Crippen molar-refractivity contribution in [2.45, 2.75) is 5.88 Å². The molecular weight excluding hydrogens is 270 g/mol. The number of anilines is 1. The van der Waals surface area contributed by atoms with E-state index >= 15 is 0 Å². The fourth-order valence-electron chi connectivity index (χ4n) is 1.30. The van der Waals surface area contributed by atoms with Crippen molar-refractivity contribution in [1.29, 1.82) is 0 Å². The molecule has 0 fully saturated rings. The molecule has 0 aliphatic carbocycles. The van der Waals surface area contributed by atoms with E-state index in [1.807, 2.05) is 17.5 Å². The quantitative estimate of drug-likeness (QED) is 0.619. The Kier molecular flexibility index (Phi) is 2.49. The molecule has 1 nitrogen and oxygen atoms in total. The molecule has 1 heterocycles. The highest BCUT2D eigenvalue weighted by Crippen LogP contribution is 2.35. The number of alkyl halides is 1. The van der Waals surface area contributed by atoms with Crippen molar-refractivity contribution >= 4 is 54.6 Å². The number of fused-ring (bicyclic) bond motifs is 1. The van der Waals surface area contributed by atoms with Gasteiger partial charge in [0, 0.05) is 26.1 Å². The van der Waals surface area contributed by atoms with Crippen molar-refractivity contribution in [2.24, 2.45) is 0 Å². The fourth-order valence-corrected chi connectivity index (χ4v) is 3.52. The Bertz CT molecular complexity index is 452. The largest absolute Gasteiger partial charge is 0.398 e. The lowest BCUT2D eigenvalue weighted by Gasteiger charge is -2.04. The molecule has 0 spiro atoms. The summed E-state index contributed by atoms with van der Waals surface area (Å²) in [6.45, 7) is 0. The van der Waals surface area contributed by atoms with Gasteiger partial charge in [-0.3, -0.25) is 0 Å². The van der Waals surface area contributed by atoms with E-state index in [2.05, 4.69) is 15.9 Å². The summed E-state index contributed by atoms with van der Waals surface area (Å²) in [5.41, 5.74) is 7.79. The summed E-state index contributed by atoms with van der Waals surface area (Å²) in [5.74, 6) is 0.512. The van der Waals surface area contributed by atoms with E-state index in [9.17, 15) is 0 Å². The van der Waals surface area contributed by atoms with Gasteiger partial charge in [-0.15, -0.1) is 22.9 Å². The Labute approximate surface area is 93.6 Å². The van der Waals surface area contributed by atoms with Crippen LogP contribution in [-0.4, -0.2) is 0 Å². The average molecular weight is 277 g/mol. The van der Waals surface area contributed by atoms with Crippen LogP contribution in [0.1, 0.15) is 5.56 Å². The van der Waals surface area contributed by atoms with Crippen LogP contribution in [0.2, 0.25) is 0 Å². The molecule has 2 N–H and O–H groups in total. The number of nitrogens with two attached hydrogens (primary N) is 1. The molecular formula is C9H7BrClNS. The maximum absolute atomic E-state index is 5.86. The highest BCUT2D eigenvalue weighted by molar-refractivity contribution is 9.10. The molecule has 2 rings (SSSR count). The summed E-state index contributed by atoms with van der Waals surface area (Å²) < 4.78 is 2.18. The number of hydrogen-bond acceptors (Lipinski definition) is 2. The first-order valence-corrected chi connectivity index (χ1v) is 5.94. The van der Waals surface area contributed by atoms with E-state index in [0.29, 0.717) is 5.88 Å². The minimum absolute atomic E-state index is 0.512. The van der Waals surface area contributed by atoms with Gasteiger partial charge in [-0.1, -0.05) is 15.9 Å². The van der Waals surface area contributed by atoms with Gasteiger partial charge in [0.05, 0.1) is 0 Å². The summed E-state index contributed by atoms with van der Waals surface area (Å²) in [6, 6.07) is 3.94. The first kappa shape index (κ1) is 9.31. The third-order valence-electron chi connectivity index (χ3n) is 1.95. The van der Waals surface area contributed by atoms with Crippen LogP contribution in [0, 0.1) is 0 Å². The van der Waals surface area contributed by atoms with Gasteiger partial charge in [-0.2, -0.15) is 0 Å². The zero-order chi connectivity index (χ0) is 9.42. The van der Waals surface area contributed by atoms with Crippen LogP contribution in [0.25, 0.3) is 10.1 Å². The van der Waals surface area contributed by atoms with Gasteiger partial charge in [-0.05, 0) is 23.1 Å². The van der Waals surface area contributed by atoms with Crippen molar-refractivity contribution in [3.05, 3.63) is 27.5 Å². The SMILES string of the molecule is Nc1cc(Br)c(CCl)c2sccc12. The molecule has 68 valence electrons. The first-order chi connectivity index (χ1) is 6.24. The van der Waals surface area contributed by atoms with Crippen molar-refractivity contribution in [3.63, 3.8) is 0 Å². The average Bonchev–Trinajstić information content (AvgIpc) is 2.53. The molecule has 4 heteroatoms. The molecule has 0 atom stereocenters. The van der Waals surface area contributed by atoms with Crippen LogP contribution >= 0.6 is 38.9 Å². The van der Waals surface area contributed by atoms with Crippen LogP contribution in [0.5, 0.6) is 0 Å². The van der Waals surface area contributed by atoms with Crippen molar-refractivity contribution in [1.82, 2.24) is 0 Å². The Morgan fingerprint density at radius 3 is 3.00 bits per heavy atom. The Balaban J connectivity index is 2.88. The molecule has 0 aliphatic heterocycles. The van der Waals surface area contributed by atoms with Crippen LogP contribution in [0.4, 0.5) is 5.69 Å². The predicted octanol–water partition coefficient (Wildman–Crippen LogP) is 3.98. The highest BCUT2D eigenvalue weighted by atomic mass is 79.9. The number of benzene rings is 1. The minimum atomic E-state index is 0.512. The second kappa shape index (κ2) is 3.48. The van der Waals surface area contributed by atoms with Crippen LogP contribution in [0.3, 0.4) is 0 Å². The van der Waals surface area contributed by atoms with Gasteiger partial charge in [0.25, 0.3) is 0 Å². The molecule has 13 heavy (non-hydrogen) atoms. The van der Waals surface area contributed by atoms with E-state index in [4.69, 9.17) is 17.3 Å². The van der Waals surface area contributed by atoms with Crippen molar-refractivity contribution in [3.8, 4) is 0 Å². The fraction of sp³-hybridized carbons (Fsp3) is 0.111. The lowest BCUT2D eigenvalue weighted by Crippen LogP contribution is -1.89. The van der Waals surface area contributed by atoms with E-state index in [-0.39, 0.29) is 0 Å². The summed E-state index contributed by atoms with van der Waals surface area (Å²) in [7, 11) is 0. The molecule has 0 unspecified atom stereocenters. The maximum Gasteiger partial charge on any atom is 0.0499 e. The topological polar surface area (TPSA) is 26.0 Å². The number of halogens is 2. The third kappa shape index (κ3) is 1.45. The normalized spacial score (nSPS) is 10.9. The first-order valence-electron chi connectivity index (χ1n) is 3.74. The Morgan fingerprint density at radius 2 is 2.31 bits per heavy atom. The molecule has 0 bridgehead atoms. The van der Waals surface area contributed by atoms with Crippen molar-refractivity contribution < 1.29 is 0 Å². The van der Waals surface area contributed by atoms with Gasteiger partial charge in [0.15, 0.2) is 0 Å². The zero-order valence-electron chi connectivity index (χ0n) is 6.68. The molecule has 0 radical (unpaired) electrons. The number of nitrogen functional groups attached to an aromatic ring is 1. The predicted molar refractivity (Wildman–Crippen MR) is 63.5 cm³/mol. The molecule has 2 aromatic rings. The molecule has 0 aliphatic rings. The molecule has 0 saturated heterocycles. The molecule has 1 aromatic heterocycles. The number of hydrogen-bond donors (Lipinski definition) is 1. The Morgan fingerprint density at radius 1 is 1.54 bits per heavy atom. The monoisotopic (exact) mass is 275 g/mol. The number of rotatable bonds is 1. The van der Waals surface area contributed by atoms with E-state index < -0.39 is 0 Å². The second-order valence-electron chi connectivity index (χ2n) is 2.72. The maximum atomic E-state index is 5.86. The van der Waals surface area contributed by atoms with Crippen molar-refractivity contribution in [2.75, 3.05) is 5.73 Å². The molecule has 0 saturated carbocycles. The summed E-state index contributed by atoms with van der Waals surface area (Å²) >= 11 is 11.0. The van der Waals surface area contributed by atoms with E-state index in [0.717, 1.165) is 21.1 Å².